The zero-order chi connectivity index (χ0) is 19.6. The first-order valence-corrected chi connectivity index (χ1v) is 10.2. The van der Waals surface area contributed by atoms with Crippen LogP contribution < -0.4 is 0 Å². The van der Waals surface area contributed by atoms with E-state index >= 15 is 0 Å². The maximum atomic E-state index is 6.37. The van der Waals surface area contributed by atoms with Crippen molar-refractivity contribution in [2.45, 2.75) is 37.1 Å². The van der Waals surface area contributed by atoms with Gasteiger partial charge in [0.15, 0.2) is 5.41 Å². The topological polar surface area (TPSA) is 43.2 Å². The largest absolute Gasteiger partial charge is 0.473 e. The van der Waals surface area contributed by atoms with Crippen molar-refractivity contribution in [2.75, 3.05) is 0 Å². The summed E-state index contributed by atoms with van der Waals surface area (Å²) in [5.74, 6) is 1.19. The van der Waals surface area contributed by atoms with Crippen molar-refractivity contribution < 1.29 is 9.47 Å². The summed E-state index contributed by atoms with van der Waals surface area (Å²) in [6.07, 6.45) is 5.37. The van der Waals surface area contributed by atoms with Gasteiger partial charge in [0, 0.05) is 12.8 Å². The molecule has 0 saturated heterocycles. The summed E-state index contributed by atoms with van der Waals surface area (Å²) < 4.78 is 12.7. The molecule has 4 atom stereocenters. The lowest BCUT2D eigenvalue weighted by molar-refractivity contribution is 0.178. The summed E-state index contributed by atoms with van der Waals surface area (Å²) in [4.78, 5) is 9.96. The zero-order valence-electron chi connectivity index (χ0n) is 16.1. The smallest absolute Gasteiger partial charge is 0.208 e. The minimum Gasteiger partial charge on any atom is -0.473 e. The molecule has 0 fully saturated rings. The van der Waals surface area contributed by atoms with E-state index in [1.54, 1.807) is 12.2 Å². The van der Waals surface area contributed by atoms with Crippen molar-refractivity contribution in [3.63, 3.8) is 0 Å². The molecule has 2 aromatic rings. The lowest BCUT2D eigenvalue weighted by atomic mass is 9.87. The van der Waals surface area contributed by atoms with E-state index in [4.69, 9.17) is 19.5 Å². The zero-order valence-corrected chi connectivity index (χ0v) is 16.1. The summed E-state index contributed by atoms with van der Waals surface area (Å²) in [5, 5.41) is 0. The fourth-order valence-corrected chi connectivity index (χ4v) is 5.13. The summed E-state index contributed by atoms with van der Waals surface area (Å²) in [6, 6.07) is 16.9. The SMILES string of the molecule is C=CC(C=C)(C1=N[C@H]2c3ccccc3C[C@H]2O1)C1=N[C@H]2c3ccccc3C[C@H]2O1. The van der Waals surface area contributed by atoms with Crippen LogP contribution in [-0.2, 0) is 22.3 Å². The molecule has 0 spiro atoms. The van der Waals surface area contributed by atoms with Gasteiger partial charge in [-0.2, -0.15) is 0 Å². The fourth-order valence-electron chi connectivity index (χ4n) is 5.13. The van der Waals surface area contributed by atoms with Gasteiger partial charge in [0.2, 0.25) is 11.8 Å². The van der Waals surface area contributed by atoms with E-state index in [1.807, 2.05) is 0 Å². The average Bonchev–Trinajstić information content (AvgIpc) is 3.48. The number of benzene rings is 2. The molecule has 0 N–H and O–H groups in total. The molecule has 0 unspecified atom stereocenters. The molecule has 0 radical (unpaired) electrons. The van der Waals surface area contributed by atoms with E-state index in [0.717, 1.165) is 12.8 Å². The molecule has 0 bridgehead atoms. The molecular formula is C25H22N2O2. The molecule has 0 aromatic heterocycles. The summed E-state index contributed by atoms with van der Waals surface area (Å²) >= 11 is 0. The van der Waals surface area contributed by atoms with E-state index in [2.05, 4.69) is 61.7 Å². The number of fused-ring (bicyclic) bond motifs is 6. The van der Waals surface area contributed by atoms with E-state index in [-0.39, 0.29) is 24.3 Å². The lowest BCUT2D eigenvalue weighted by Crippen LogP contribution is -2.38. The Morgan fingerprint density at radius 2 is 1.21 bits per heavy atom. The van der Waals surface area contributed by atoms with Crippen LogP contribution in [0.1, 0.15) is 34.3 Å². The first kappa shape index (κ1) is 16.8. The highest BCUT2D eigenvalue weighted by Crippen LogP contribution is 2.47. The molecule has 29 heavy (non-hydrogen) atoms. The van der Waals surface area contributed by atoms with E-state index in [9.17, 15) is 0 Å². The third-order valence-electron chi connectivity index (χ3n) is 6.68. The Hall–Kier alpha value is -3.14. The molecular weight excluding hydrogens is 360 g/mol. The van der Waals surface area contributed by atoms with Crippen LogP contribution >= 0.6 is 0 Å². The van der Waals surface area contributed by atoms with Gasteiger partial charge < -0.3 is 9.47 Å². The number of ether oxygens (including phenoxy) is 2. The van der Waals surface area contributed by atoms with E-state index in [0.29, 0.717) is 11.8 Å². The molecule has 2 aliphatic carbocycles. The second kappa shape index (κ2) is 5.93. The number of hydrogen-bond donors (Lipinski definition) is 0. The van der Waals surface area contributed by atoms with Gasteiger partial charge in [0.05, 0.1) is 0 Å². The van der Waals surface area contributed by atoms with Crippen LogP contribution in [0.2, 0.25) is 0 Å². The Balaban J connectivity index is 1.39. The molecule has 4 heteroatoms. The Bertz CT molecular complexity index is 1010. The van der Waals surface area contributed by atoms with Gasteiger partial charge in [-0.05, 0) is 22.3 Å². The average molecular weight is 382 g/mol. The number of nitrogens with zero attached hydrogens (tertiary/aromatic N) is 2. The fraction of sp³-hybridized carbons (Fsp3) is 0.280. The first-order valence-electron chi connectivity index (χ1n) is 10.2. The Morgan fingerprint density at radius 3 is 1.66 bits per heavy atom. The monoisotopic (exact) mass is 382 g/mol. The van der Waals surface area contributed by atoms with Gasteiger partial charge in [0.1, 0.15) is 24.3 Å². The van der Waals surface area contributed by atoms with Gasteiger partial charge in [-0.3, -0.25) is 0 Å². The van der Waals surface area contributed by atoms with Crippen molar-refractivity contribution >= 4 is 11.8 Å². The minimum atomic E-state index is -0.835. The highest BCUT2D eigenvalue weighted by molar-refractivity contribution is 6.10. The lowest BCUT2D eigenvalue weighted by Gasteiger charge is -2.27. The molecule has 2 aromatic carbocycles. The van der Waals surface area contributed by atoms with E-state index in [1.165, 1.54) is 22.3 Å². The Morgan fingerprint density at radius 1 is 0.759 bits per heavy atom. The third kappa shape index (κ3) is 2.20. The van der Waals surface area contributed by atoms with Crippen molar-refractivity contribution in [1.82, 2.24) is 0 Å². The predicted octanol–water partition coefficient (Wildman–Crippen LogP) is 4.53. The molecule has 4 aliphatic rings. The molecule has 2 aliphatic heterocycles. The maximum Gasteiger partial charge on any atom is 0.208 e. The molecule has 4 nitrogen and oxygen atoms in total. The molecule has 0 saturated carbocycles. The quantitative estimate of drug-likeness (QED) is 0.729. The van der Waals surface area contributed by atoms with E-state index < -0.39 is 5.41 Å². The highest BCUT2D eigenvalue weighted by atomic mass is 16.5. The first-order chi connectivity index (χ1) is 14.2. The number of hydrogen-bond acceptors (Lipinski definition) is 4. The van der Waals surface area contributed by atoms with Crippen LogP contribution in [0.3, 0.4) is 0 Å². The van der Waals surface area contributed by atoms with Crippen LogP contribution in [0.15, 0.2) is 83.8 Å². The van der Waals surface area contributed by atoms with Crippen molar-refractivity contribution in [2.24, 2.45) is 15.4 Å². The van der Waals surface area contributed by atoms with Crippen LogP contribution in [-0.4, -0.2) is 24.0 Å². The third-order valence-corrected chi connectivity index (χ3v) is 6.68. The van der Waals surface area contributed by atoms with Gasteiger partial charge in [-0.25, -0.2) is 9.98 Å². The molecule has 144 valence electrons. The molecule has 2 heterocycles. The van der Waals surface area contributed by atoms with Crippen LogP contribution in [0, 0.1) is 5.41 Å². The summed E-state index contributed by atoms with van der Waals surface area (Å²) in [7, 11) is 0. The second-order valence-corrected chi connectivity index (χ2v) is 8.15. The predicted molar refractivity (Wildman–Crippen MR) is 113 cm³/mol. The van der Waals surface area contributed by atoms with Gasteiger partial charge >= 0.3 is 0 Å². The van der Waals surface area contributed by atoms with Crippen LogP contribution in [0.25, 0.3) is 0 Å². The van der Waals surface area contributed by atoms with Gasteiger partial charge in [-0.15, -0.1) is 13.2 Å². The Kier molecular flexibility index (Phi) is 3.43. The van der Waals surface area contributed by atoms with Crippen LogP contribution in [0.4, 0.5) is 0 Å². The number of rotatable bonds is 4. The highest BCUT2D eigenvalue weighted by Gasteiger charge is 2.52. The Labute approximate surface area is 170 Å². The van der Waals surface area contributed by atoms with Crippen molar-refractivity contribution in [3.05, 3.63) is 96.1 Å². The maximum absolute atomic E-state index is 6.37. The van der Waals surface area contributed by atoms with Crippen molar-refractivity contribution in [1.29, 1.82) is 0 Å². The van der Waals surface area contributed by atoms with Gasteiger partial charge in [-0.1, -0.05) is 60.7 Å². The van der Waals surface area contributed by atoms with Crippen LogP contribution in [0.5, 0.6) is 0 Å². The van der Waals surface area contributed by atoms with Crippen molar-refractivity contribution in [3.8, 4) is 0 Å². The minimum absolute atomic E-state index is 0.0164. The van der Waals surface area contributed by atoms with Gasteiger partial charge in [0.25, 0.3) is 0 Å². The molecule has 6 rings (SSSR count). The second-order valence-electron chi connectivity index (χ2n) is 8.15. The summed E-state index contributed by atoms with van der Waals surface area (Å²) in [5.41, 5.74) is 4.28. The molecule has 0 amide bonds. The normalized spacial score (nSPS) is 28.3. The summed E-state index contributed by atoms with van der Waals surface area (Å²) in [6.45, 7) is 8.15. The standard InChI is InChI=1S/C25H22N2O2/c1-3-25(4-2,23-26-21-17-11-7-5-9-15(17)13-19(21)28-23)24-27-22-18-12-8-6-10-16(18)14-20(22)29-24/h3-12,19-22H,1-2,13-14H2/t19-,20-,21+,22+/m1/s1. The number of aliphatic imine (C=N–C) groups is 2.